The summed E-state index contributed by atoms with van der Waals surface area (Å²) in [7, 11) is 0. The molecule has 4 heteroatoms. The molecule has 4 nitrogen and oxygen atoms in total. The van der Waals surface area contributed by atoms with Crippen molar-refractivity contribution in [2.24, 2.45) is 0 Å². The van der Waals surface area contributed by atoms with Crippen LogP contribution in [0.2, 0.25) is 0 Å². The monoisotopic (exact) mass is 284 g/mol. The maximum absolute atomic E-state index is 4.54. The molecule has 0 radical (unpaired) electrons. The van der Waals surface area contributed by atoms with E-state index in [1.807, 2.05) is 13.0 Å². The highest BCUT2D eigenvalue weighted by atomic mass is 15.1. The summed E-state index contributed by atoms with van der Waals surface area (Å²) >= 11 is 0. The molecule has 0 aliphatic carbocycles. The number of rotatable bonds is 6. The molecule has 2 rings (SSSR count). The molecule has 1 heterocycles. The predicted octanol–water partition coefficient (Wildman–Crippen LogP) is 4.36. The summed E-state index contributed by atoms with van der Waals surface area (Å²) in [6, 6.07) is 8.21. The zero-order chi connectivity index (χ0) is 15.2. The number of unbranched alkanes of at least 4 members (excludes halogenated alkanes) is 1. The van der Waals surface area contributed by atoms with Gasteiger partial charge < -0.3 is 10.6 Å². The van der Waals surface area contributed by atoms with E-state index in [4.69, 9.17) is 0 Å². The van der Waals surface area contributed by atoms with E-state index in [0.717, 1.165) is 36.6 Å². The van der Waals surface area contributed by atoms with Crippen LogP contribution in [-0.2, 0) is 0 Å². The second-order valence-electron chi connectivity index (χ2n) is 5.37. The normalized spacial score (nSPS) is 10.5. The molecule has 0 spiro atoms. The van der Waals surface area contributed by atoms with Gasteiger partial charge in [-0.15, -0.1) is 0 Å². The van der Waals surface area contributed by atoms with Crippen LogP contribution in [0.25, 0.3) is 0 Å². The average Bonchev–Trinajstić information content (AvgIpc) is 2.44. The minimum atomic E-state index is 0.691. The molecule has 0 saturated carbocycles. The molecular formula is C17H24N4. The minimum Gasteiger partial charge on any atom is -0.354 e. The molecule has 2 aromatic rings. The van der Waals surface area contributed by atoms with Crippen LogP contribution in [0, 0.1) is 20.8 Å². The van der Waals surface area contributed by atoms with E-state index in [9.17, 15) is 0 Å². The molecule has 0 bridgehead atoms. The maximum Gasteiger partial charge on any atom is 0.224 e. The molecule has 0 atom stereocenters. The van der Waals surface area contributed by atoms with Crippen LogP contribution in [0.3, 0.4) is 0 Å². The molecule has 0 aliphatic heterocycles. The van der Waals surface area contributed by atoms with Crippen molar-refractivity contribution in [2.75, 3.05) is 17.2 Å². The number of aromatic nitrogens is 2. The summed E-state index contributed by atoms with van der Waals surface area (Å²) in [5, 5.41) is 6.67. The summed E-state index contributed by atoms with van der Waals surface area (Å²) in [4.78, 5) is 8.96. The van der Waals surface area contributed by atoms with Gasteiger partial charge in [0.05, 0.1) is 0 Å². The fourth-order valence-corrected chi connectivity index (χ4v) is 2.11. The van der Waals surface area contributed by atoms with Crippen LogP contribution in [0.5, 0.6) is 0 Å². The molecule has 0 amide bonds. The molecule has 1 aromatic heterocycles. The van der Waals surface area contributed by atoms with Gasteiger partial charge in [0, 0.05) is 24.0 Å². The van der Waals surface area contributed by atoms with Crippen molar-refractivity contribution in [1.82, 2.24) is 9.97 Å². The number of benzene rings is 1. The Kier molecular flexibility index (Phi) is 5.14. The number of hydrogen-bond donors (Lipinski definition) is 2. The largest absolute Gasteiger partial charge is 0.354 e. The Bertz CT molecular complexity index is 608. The van der Waals surface area contributed by atoms with Gasteiger partial charge in [0.2, 0.25) is 5.95 Å². The van der Waals surface area contributed by atoms with E-state index in [-0.39, 0.29) is 0 Å². The lowest BCUT2D eigenvalue weighted by molar-refractivity contribution is 0.825. The van der Waals surface area contributed by atoms with E-state index in [1.54, 1.807) is 0 Å². The number of aryl methyl sites for hydroxylation is 2. The van der Waals surface area contributed by atoms with Gasteiger partial charge >= 0.3 is 0 Å². The highest BCUT2D eigenvalue weighted by Gasteiger charge is 2.05. The van der Waals surface area contributed by atoms with Crippen LogP contribution < -0.4 is 10.6 Å². The number of nitrogens with zero attached hydrogens (tertiary/aromatic N) is 2. The first-order chi connectivity index (χ1) is 10.1. The molecule has 2 N–H and O–H groups in total. The summed E-state index contributed by atoms with van der Waals surface area (Å²) < 4.78 is 0. The van der Waals surface area contributed by atoms with Crippen molar-refractivity contribution < 1.29 is 0 Å². The van der Waals surface area contributed by atoms with Crippen LogP contribution in [-0.4, -0.2) is 16.5 Å². The Morgan fingerprint density at radius 3 is 2.67 bits per heavy atom. The Balaban J connectivity index is 2.17. The van der Waals surface area contributed by atoms with Crippen LogP contribution in [0.4, 0.5) is 17.5 Å². The topological polar surface area (TPSA) is 49.8 Å². The lowest BCUT2D eigenvalue weighted by Crippen LogP contribution is -2.07. The smallest absolute Gasteiger partial charge is 0.224 e. The first-order valence-electron chi connectivity index (χ1n) is 7.53. The van der Waals surface area contributed by atoms with Crippen LogP contribution in [0.1, 0.15) is 36.6 Å². The molecule has 0 unspecified atom stereocenters. The Morgan fingerprint density at radius 1 is 1.10 bits per heavy atom. The van der Waals surface area contributed by atoms with Gasteiger partial charge in [0.25, 0.3) is 0 Å². The van der Waals surface area contributed by atoms with Crippen LogP contribution in [0.15, 0.2) is 24.3 Å². The quantitative estimate of drug-likeness (QED) is 0.774. The highest BCUT2D eigenvalue weighted by molar-refractivity contribution is 5.62. The van der Waals surface area contributed by atoms with Crippen molar-refractivity contribution in [2.45, 2.75) is 40.5 Å². The summed E-state index contributed by atoms with van der Waals surface area (Å²) in [6.45, 7) is 9.30. The van der Waals surface area contributed by atoms with Crippen LogP contribution >= 0.6 is 0 Å². The van der Waals surface area contributed by atoms with E-state index in [1.165, 1.54) is 11.1 Å². The van der Waals surface area contributed by atoms with Gasteiger partial charge in [-0.2, -0.15) is 4.98 Å². The van der Waals surface area contributed by atoms with E-state index in [0.29, 0.717) is 5.95 Å². The molecule has 0 fully saturated rings. The van der Waals surface area contributed by atoms with Gasteiger partial charge in [-0.25, -0.2) is 4.98 Å². The highest BCUT2D eigenvalue weighted by Crippen LogP contribution is 2.22. The Hall–Kier alpha value is -2.10. The van der Waals surface area contributed by atoms with Gasteiger partial charge in [-0.3, -0.25) is 0 Å². The molecule has 1 aromatic carbocycles. The number of hydrogen-bond acceptors (Lipinski definition) is 4. The van der Waals surface area contributed by atoms with Crippen molar-refractivity contribution in [3.05, 3.63) is 41.1 Å². The maximum atomic E-state index is 4.54. The van der Waals surface area contributed by atoms with Gasteiger partial charge in [-0.1, -0.05) is 25.5 Å². The molecule has 21 heavy (non-hydrogen) atoms. The molecule has 112 valence electrons. The van der Waals surface area contributed by atoms with Crippen molar-refractivity contribution in [3.8, 4) is 0 Å². The first kappa shape index (κ1) is 15.3. The zero-order valence-electron chi connectivity index (χ0n) is 13.3. The fraction of sp³-hybridized carbons (Fsp3) is 0.412. The Morgan fingerprint density at radius 2 is 1.90 bits per heavy atom. The second-order valence-corrected chi connectivity index (χ2v) is 5.37. The third-order valence-corrected chi connectivity index (χ3v) is 3.54. The third kappa shape index (κ3) is 4.18. The second kappa shape index (κ2) is 7.07. The zero-order valence-corrected chi connectivity index (χ0v) is 13.3. The number of nitrogens with one attached hydrogen (secondary N) is 2. The summed E-state index contributed by atoms with van der Waals surface area (Å²) in [5.41, 5.74) is 4.56. The summed E-state index contributed by atoms with van der Waals surface area (Å²) in [5.74, 6) is 1.52. The van der Waals surface area contributed by atoms with Crippen molar-refractivity contribution >= 4 is 17.5 Å². The minimum absolute atomic E-state index is 0.691. The molecular weight excluding hydrogens is 260 g/mol. The average molecular weight is 284 g/mol. The third-order valence-electron chi connectivity index (χ3n) is 3.54. The van der Waals surface area contributed by atoms with Gasteiger partial charge in [0.15, 0.2) is 0 Å². The lowest BCUT2D eigenvalue weighted by Gasteiger charge is -2.12. The fourth-order valence-electron chi connectivity index (χ4n) is 2.11. The van der Waals surface area contributed by atoms with Crippen molar-refractivity contribution in [3.63, 3.8) is 0 Å². The Labute approximate surface area is 127 Å². The SMILES string of the molecule is CCCCNc1nc(C)cc(Nc2cccc(C)c2C)n1. The number of anilines is 3. The summed E-state index contributed by atoms with van der Waals surface area (Å²) in [6.07, 6.45) is 2.28. The first-order valence-corrected chi connectivity index (χ1v) is 7.53. The standard InChI is InChI=1S/C17H24N4/c1-5-6-10-18-17-19-13(3)11-16(21-17)20-15-9-7-8-12(2)14(15)4/h7-9,11H,5-6,10H2,1-4H3,(H2,18,19,20,21). The molecule has 0 saturated heterocycles. The molecule has 0 aliphatic rings. The van der Waals surface area contributed by atoms with Gasteiger partial charge in [0.1, 0.15) is 5.82 Å². The van der Waals surface area contributed by atoms with Gasteiger partial charge in [-0.05, 0) is 44.4 Å². The lowest BCUT2D eigenvalue weighted by atomic mass is 10.1. The predicted molar refractivity (Wildman–Crippen MR) is 89.4 cm³/mol. The van der Waals surface area contributed by atoms with E-state index < -0.39 is 0 Å². The van der Waals surface area contributed by atoms with E-state index >= 15 is 0 Å². The van der Waals surface area contributed by atoms with Crippen molar-refractivity contribution in [1.29, 1.82) is 0 Å². The van der Waals surface area contributed by atoms with E-state index in [2.05, 4.69) is 59.6 Å².